The average molecular weight is 381 g/mol. The van der Waals surface area contributed by atoms with E-state index in [1.165, 1.54) is 12.1 Å². The Hall–Kier alpha value is -2.57. The van der Waals surface area contributed by atoms with E-state index in [2.05, 4.69) is 15.5 Å². The van der Waals surface area contributed by atoms with Gasteiger partial charge in [-0.2, -0.15) is 4.98 Å². The number of benzene rings is 2. The van der Waals surface area contributed by atoms with Crippen LogP contribution in [-0.4, -0.2) is 28.9 Å². The molecule has 28 heavy (non-hydrogen) atoms. The monoisotopic (exact) mass is 381 g/mol. The second-order valence-electron chi connectivity index (χ2n) is 7.38. The Morgan fingerprint density at radius 3 is 2.50 bits per heavy atom. The number of rotatable bonds is 6. The van der Waals surface area contributed by atoms with Crippen LogP contribution < -0.4 is 5.32 Å². The molecule has 1 atom stereocenters. The van der Waals surface area contributed by atoms with Gasteiger partial charge in [0.2, 0.25) is 11.7 Å². The largest absolute Gasteiger partial charge is 0.381 e. The van der Waals surface area contributed by atoms with Crippen LogP contribution in [0.2, 0.25) is 0 Å². The standard InChI is InChI=1S/C22H24FN3O2/c1-16(21-24-20(26-28-21)18-5-3-2-4-6-18)25-22(11-13-27-14-12-22)15-17-7-9-19(23)10-8-17/h2-10,16,25H,11-15H2,1H3. The van der Waals surface area contributed by atoms with Crippen LogP contribution in [0.1, 0.15) is 37.3 Å². The molecule has 1 aliphatic rings. The first kappa shape index (κ1) is 18.8. The number of hydrogen-bond donors (Lipinski definition) is 1. The molecule has 0 radical (unpaired) electrons. The minimum absolute atomic E-state index is 0.108. The summed E-state index contributed by atoms with van der Waals surface area (Å²) in [6.07, 6.45) is 2.53. The molecule has 1 saturated heterocycles. The highest BCUT2D eigenvalue weighted by atomic mass is 19.1. The Labute approximate surface area is 163 Å². The Morgan fingerprint density at radius 1 is 1.07 bits per heavy atom. The Balaban J connectivity index is 1.52. The lowest BCUT2D eigenvalue weighted by Crippen LogP contribution is -2.52. The highest BCUT2D eigenvalue weighted by Gasteiger charge is 2.35. The molecule has 0 aliphatic carbocycles. The molecule has 1 fully saturated rings. The van der Waals surface area contributed by atoms with Crippen LogP contribution in [0.25, 0.3) is 11.4 Å². The van der Waals surface area contributed by atoms with Crippen molar-refractivity contribution < 1.29 is 13.7 Å². The van der Waals surface area contributed by atoms with Gasteiger partial charge in [0.25, 0.3) is 0 Å². The fraction of sp³-hybridized carbons (Fsp3) is 0.364. The van der Waals surface area contributed by atoms with Gasteiger partial charge < -0.3 is 9.26 Å². The van der Waals surface area contributed by atoms with Gasteiger partial charge in [-0.25, -0.2) is 4.39 Å². The zero-order chi connectivity index (χ0) is 19.4. The molecule has 2 heterocycles. The first-order valence-corrected chi connectivity index (χ1v) is 9.62. The zero-order valence-electron chi connectivity index (χ0n) is 15.9. The van der Waals surface area contributed by atoms with Crippen molar-refractivity contribution in [2.24, 2.45) is 0 Å². The summed E-state index contributed by atoms with van der Waals surface area (Å²) in [6, 6.07) is 16.4. The summed E-state index contributed by atoms with van der Waals surface area (Å²) >= 11 is 0. The molecule has 0 spiro atoms. The average Bonchev–Trinajstić information content (AvgIpc) is 3.22. The van der Waals surface area contributed by atoms with E-state index in [1.54, 1.807) is 0 Å². The maximum absolute atomic E-state index is 13.3. The third kappa shape index (κ3) is 4.29. The van der Waals surface area contributed by atoms with Crippen LogP contribution in [0.15, 0.2) is 59.1 Å². The second kappa shape index (κ2) is 8.20. The third-order valence-corrected chi connectivity index (χ3v) is 5.27. The molecule has 4 rings (SSSR count). The summed E-state index contributed by atoms with van der Waals surface area (Å²) in [4.78, 5) is 4.57. The highest BCUT2D eigenvalue weighted by Crippen LogP contribution is 2.29. The van der Waals surface area contributed by atoms with Crippen LogP contribution >= 0.6 is 0 Å². The van der Waals surface area contributed by atoms with Gasteiger partial charge in [0, 0.05) is 24.3 Å². The number of ether oxygens (including phenoxy) is 1. The molecule has 146 valence electrons. The predicted octanol–water partition coefficient (Wildman–Crippen LogP) is 4.32. The summed E-state index contributed by atoms with van der Waals surface area (Å²) in [7, 11) is 0. The molecule has 1 N–H and O–H groups in total. The molecule has 2 aromatic carbocycles. The van der Waals surface area contributed by atoms with Crippen molar-refractivity contribution in [3.05, 3.63) is 71.9 Å². The van der Waals surface area contributed by atoms with Crippen molar-refractivity contribution in [1.29, 1.82) is 0 Å². The number of nitrogens with zero attached hydrogens (tertiary/aromatic N) is 2. The van der Waals surface area contributed by atoms with E-state index in [4.69, 9.17) is 9.26 Å². The molecule has 1 aromatic heterocycles. The topological polar surface area (TPSA) is 60.2 Å². The van der Waals surface area contributed by atoms with E-state index in [1.807, 2.05) is 49.4 Å². The second-order valence-corrected chi connectivity index (χ2v) is 7.38. The van der Waals surface area contributed by atoms with Crippen LogP contribution in [0.5, 0.6) is 0 Å². The fourth-order valence-corrected chi connectivity index (χ4v) is 3.76. The van der Waals surface area contributed by atoms with Crippen molar-refractivity contribution in [2.45, 2.75) is 37.8 Å². The van der Waals surface area contributed by atoms with Gasteiger partial charge in [0.15, 0.2) is 0 Å². The molecule has 0 amide bonds. The first-order chi connectivity index (χ1) is 13.6. The third-order valence-electron chi connectivity index (χ3n) is 5.27. The lowest BCUT2D eigenvalue weighted by atomic mass is 9.83. The molecule has 5 nitrogen and oxygen atoms in total. The predicted molar refractivity (Wildman–Crippen MR) is 104 cm³/mol. The van der Waals surface area contributed by atoms with Crippen molar-refractivity contribution >= 4 is 0 Å². The number of aromatic nitrogens is 2. The van der Waals surface area contributed by atoms with Crippen molar-refractivity contribution in [3.8, 4) is 11.4 Å². The normalized spacial score (nSPS) is 17.4. The van der Waals surface area contributed by atoms with E-state index in [-0.39, 0.29) is 17.4 Å². The van der Waals surface area contributed by atoms with E-state index in [0.29, 0.717) is 24.9 Å². The van der Waals surface area contributed by atoms with Crippen molar-refractivity contribution in [2.75, 3.05) is 13.2 Å². The van der Waals surface area contributed by atoms with Gasteiger partial charge in [0.05, 0.1) is 6.04 Å². The quantitative estimate of drug-likeness (QED) is 0.689. The number of halogens is 1. The van der Waals surface area contributed by atoms with Crippen LogP contribution in [0, 0.1) is 5.82 Å². The molecule has 0 saturated carbocycles. The molecule has 1 aliphatic heterocycles. The highest BCUT2D eigenvalue weighted by molar-refractivity contribution is 5.53. The van der Waals surface area contributed by atoms with E-state index < -0.39 is 0 Å². The Bertz CT molecular complexity index is 890. The lowest BCUT2D eigenvalue weighted by molar-refractivity contribution is 0.0321. The van der Waals surface area contributed by atoms with Gasteiger partial charge in [-0.3, -0.25) is 5.32 Å². The van der Waals surface area contributed by atoms with Crippen molar-refractivity contribution in [1.82, 2.24) is 15.5 Å². The number of nitrogens with one attached hydrogen (secondary N) is 1. The zero-order valence-corrected chi connectivity index (χ0v) is 15.9. The molecule has 1 unspecified atom stereocenters. The van der Waals surface area contributed by atoms with Gasteiger partial charge in [-0.05, 0) is 43.9 Å². The van der Waals surface area contributed by atoms with E-state index in [0.717, 1.165) is 30.4 Å². The lowest BCUT2D eigenvalue weighted by Gasteiger charge is -2.40. The minimum atomic E-state index is -0.217. The number of hydrogen-bond acceptors (Lipinski definition) is 5. The molecular weight excluding hydrogens is 357 g/mol. The summed E-state index contributed by atoms with van der Waals surface area (Å²) < 4.78 is 24.4. The van der Waals surface area contributed by atoms with Crippen LogP contribution in [-0.2, 0) is 11.2 Å². The van der Waals surface area contributed by atoms with Crippen LogP contribution in [0.4, 0.5) is 4.39 Å². The van der Waals surface area contributed by atoms with E-state index >= 15 is 0 Å². The Kier molecular flexibility index (Phi) is 5.50. The smallest absolute Gasteiger partial charge is 0.243 e. The summed E-state index contributed by atoms with van der Waals surface area (Å²) in [6.45, 7) is 3.42. The Morgan fingerprint density at radius 2 is 1.79 bits per heavy atom. The summed E-state index contributed by atoms with van der Waals surface area (Å²) in [5, 5.41) is 7.83. The molecule has 3 aromatic rings. The SMILES string of the molecule is CC(NC1(Cc2ccc(F)cc2)CCOCC1)c1nc(-c2ccccc2)no1. The molecule has 6 heteroatoms. The summed E-state index contributed by atoms with van der Waals surface area (Å²) in [5.74, 6) is 0.929. The van der Waals surface area contributed by atoms with Crippen molar-refractivity contribution in [3.63, 3.8) is 0 Å². The molecular formula is C22H24FN3O2. The van der Waals surface area contributed by atoms with Gasteiger partial charge in [-0.15, -0.1) is 0 Å². The van der Waals surface area contributed by atoms with Gasteiger partial charge in [0.1, 0.15) is 5.82 Å². The summed E-state index contributed by atoms with van der Waals surface area (Å²) in [5.41, 5.74) is 1.87. The van der Waals surface area contributed by atoms with Crippen LogP contribution in [0.3, 0.4) is 0 Å². The van der Waals surface area contributed by atoms with Gasteiger partial charge in [-0.1, -0.05) is 47.6 Å². The maximum atomic E-state index is 13.3. The molecule has 0 bridgehead atoms. The fourth-order valence-electron chi connectivity index (χ4n) is 3.76. The van der Waals surface area contributed by atoms with Gasteiger partial charge >= 0.3 is 0 Å². The maximum Gasteiger partial charge on any atom is 0.243 e. The minimum Gasteiger partial charge on any atom is -0.381 e. The first-order valence-electron chi connectivity index (χ1n) is 9.62. The van der Waals surface area contributed by atoms with E-state index in [9.17, 15) is 4.39 Å².